The second kappa shape index (κ2) is 7.27. The number of aromatic nitrogens is 5. The van der Waals surface area contributed by atoms with Crippen LogP contribution in [0.1, 0.15) is 17.3 Å². The number of hydrogen-bond acceptors (Lipinski definition) is 6. The van der Waals surface area contributed by atoms with Gasteiger partial charge < -0.3 is 14.6 Å². The molecule has 0 aliphatic rings. The van der Waals surface area contributed by atoms with Crippen LogP contribution in [0.5, 0.6) is 11.5 Å². The van der Waals surface area contributed by atoms with E-state index >= 15 is 0 Å². The van der Waals surface area contributed by atoms with Crippen molar-refractivity contribution in [3.8, 4) is 28.3 Å². The van der Waals surface area contributed by atoms with Crippen LogP contribution in [-0.4, -0.2) is 49.6 Å². The van der Waals surface area contributed by atoms with Gasteiger partial charge in [0.1, 0.15) is 28.9 Å². The van der Waals surface area contributed by atoms with Crippen molar-refractivity contribution in [3.63, 3.8) is 0 Å². The number of methoxy groups -OCH3 is 2. The van der Waals surface area contributed by atoms with E-state index in [4.69, 9.17) is 9.47 Å². The number of rotatable bonds is 6. The summed E-state index contributed by atoms with van der Waals surface area (Å²) in [7, 11) is 2.83. The molecule has 9 heteroatoms. The third-order valence-corrected chi connectivity index (χ3v) is 4.66. The molecular weight excluding hydrogens is 374 g/mol. The van der Waals surface area contributed by atoms with E-state index < -0.39 is 5.97 Å². The standard InChI is InChI=1S/C20H19N5O4/c1-4-24-10-13(9-23-24)12-5-15-19(21-8-12)25(11-22-15)14-6-16(28-2)18(20(26)27)17(7-14)29-3/h5-11H,4H2,1-3H3,(H,26,27). The van der Waals surface area contributed by atoms with E-state index in [0.717, 1.165) is 17.7 Å². The predicted octanol–water partition coefficient (Wildman–Crippen LogP) is 3.02. The zero-order valence-corrected chi connectivity index (χ0v) is 16.2. The van der Waals surface area contributed by atoms with Crippen molar-refractivity contribution in [2.75, 3.05) is 14.2 Å². The smallest absolute Gasteiger partial charge is 0.343 e. The van der Waals surface area contributed by atoms with Crippen molar-refractivity contribution < 1.29 is 19.4 Å². The topological polar surface area (TPSA) is 104 Å². The van der Waals surface area contributed by atoms with Gasteiger partial charge in [0.15, 0.2) is 5.65 Å². The minimum Gasteiger partial charge on any atom is -0.496 e. The Bertz CT molecular complexity index is 1190. The summed E-state index contributed by atoms with van der Waals surface area (Å²) in [6.45, 7) is 2.82. The molecule has 148 valence electrons. The molecule has 0 aliphatic carbocycles. The van der Waals surface area contributed by atoms with E-state index in [1.807, 2.05) is 23.9 Å². The zero-order chi connectivity index (χ0) is 20.5. The van der Waals surface area contributed by atoms with Gasteiger partial charge in [-0.25, -0.2) is 14.8 Å². The van der Waals surface area contributed by atoms with Gasteiger partial charge in [-0.05, 0) is 13.0 Å². The Morgan fingerprint density at radius 2 is 1.79 bits per heavy atom. The molecule has 0 bridgehead atoms. The number of benzene rings is 1. The van der Waals surface area contributed by atoms with Gasteiger partial charge >= 0.3 is 5.97 Å². The van der Waals surface area contributed by atoms with Crippen LogP contribution in [0.4, 0.5) is 0 Å². The van der Waals surface area contributed by atoms with E-state index in [1.54, 1.807) is 35.4 Å². The number of fused-ring (bicyclic) bond motifs is 1. The predicted molar refractivity (Wildman–Crippen MR) is 106 cm³/mol. The number of carboxylic acids is 1. The maximum atomic E-state index is 11.6. The molecule has 9 nitrogen and oxygen atoms in total. The zero-order valence-electron chi connectivity index (χ0n) is 16.2. The van der Waals surface area contributed by atoms with Crippen molar-refractivity contribution in [1.29, 1.82) is 0 Å². The average molecular weight is 393 g/mol. The summed E-state index contributed by atoms with van der Waals surface area (Å²) in [6, 6.07) is 5.18. The molecule has 1 aromatic carbocycles. The normalized spacial score (nSPS) is 11.0. The first-order valence-corrected chi connectivity index (χ1v) is 8.91. The van der Waals surface area contributed by atoms with Gasteiger partial charge in [0, 0.05) is 42.2 Å². The van der Waals surface area contributed by atoms with Gasteiger partial charge in [-0.1, -0.05) is 0 Å². The average Bonchev–Trinajstić information content (AvgIpc) is 3.38. The summed E-state index contributed by atoms with van der Waals surface area (Å²) < 4.78 is 14.1. The number of imidazole rings is 1. The van der Waals surface area contributed by atoms with E-state index in [2.05, 4.69) is 15.1 Å². The van der Waals surface area contributed by atoms with E-state index in [-0.39, 0.29) is 17.1 Å². The molecule has 0 saturated heterocycles. The summed E-state index contributed by atoms with van der Waals surface area (Å²) in [6.07, 6.45) is 7.15. The van der Waals surface area contributed by atoms with Gasteiger partial charge in [-0.2, -0.15) is 5.10 Å². The summed E-state index contributed by atoms with van der Waals surface area (Å²) in [5.41, 5.74) is 3.80. The molecule has 4 aromatic rings. The Labute approximate surface area is 166 Å². The second-order valence-corrected chi connectivity index (χ2v) is 6.30. The number of pyridine rings is 1. The molecule has 0 amide bonds. The molecule has 0 aliphatic heterocycles. The highest BCUT2D eigenvalue weighted by Gasteiger charge is 2.20. The Morgan fingerprint density at radius 3 is 2.38 bits per heavy atom. The van der Waals surface area contributed by atoms with Crippen LogP contribution in [0.25, 0.3) is 28.0 Å². The van der Waals surface area contributed by atoms with Crippen molar-refractivity contribution in [1.82, 2.24) is 24.3 Å². The lowest BCUT2D eigenvalue weighted by atomic mass is 10.1. The lowest BCUT2D eigenvalue weighted by molar-refractivity contribution is 0.0689. The quantitative estimate of drug-likeness (QED) is 0.537. The van der Waals surface area contributed by atoms with Crippen LogP contribution in [0, 0.1) is 0 Å². The Morgan fingerprint density at radius 1 is 1.07 bits per heavy atom. The van der Waals surface area contributed by atoms with Crippen molar-refractivity contribution in [3.05, 3.63) is 48.7 Å². The number of ether oxygens (including phenoxy) is 2. The molecule has 0 spiro atoms. The highest BCUT2D eigenvalue weighted by molar-refractivity contribution is 5.95. The lowest BCUT2D eigenvalue weighted by Crippen LogP contribution is -2.06. The Balaban J connectivity index is 1.81. The van der Waals surface area contributed by atoms with Crippen molar-refractivity contribution in [2.45, 2.75) is 13.5 Å². The summed E-state index contributed by atoms with van der Waals surface area (Å²) in [5.74, 6) is -0.745. The fraction of sp³-hybridized carbons (Fsp3) is 0.200. The molecule has 0 unspecified atom stereocenters. The number of hydrogen-bond donors (Lipinski definition) is 1. The molecule has 1 N–H and O–H groups in total. The highest BCUT2D eigenvalue weighted by Crippen LogP contribution is 2.33. The van der Waals surface area contributed by atoms with Crippen molar-refractivity contribution >= 4 is 17.1 Å². The van der Waals surface area contributed by atoms with Crippen molar-refractivity contribution in [2.24, 2.45) is 0 Å². The SMILES string of the molecule is CCn1cc(-c2cnc3c(c2)ncn3-c2cc(OC)c(C(=O)O)c(OC)c2)cn1. The molecule has 29 heavy (non-hydrogen) atoms. The number of aryl methyl sites for hydroxylation is 1. The first-order chi connectivity index (χ1) is 14.0. The summed E-state index contributed by atoms with van der Waals surface area (Å²) in [4.78, 5) is 20.6. The van der Waals surface area contributed by atoms with Crippen LogP contribution in [-0.2, 0) is 6.54 Å². The molecule has 3 aromatic heterocycles. The van der Waals surface area contributed by atoms with Crippen LogP contribution >= 0.6 is 0 Å². The Kier molecular flexibility index (Phi) is 4.63. The lowest BCUT2D eigenvalue weighted by Gasteiger charge is -2.13. The third-order valence-electron chi connectivity index (χ3n) is 4.66. The summed E-state index contributed by atoms with van der Waals surface area (Å²) >= 11 is 0. The van der Waals surface area contributed by atoms with Gasteiger partial charge in [0.05, 0.1) is 26.1 Å². The minimum absolute atomic E-state index is 0.0358. The fourth-order valence-electron chi connectivity index (χ4n) is 3.18. The maximum Gasteiger partial charge on any atom is 0.343 e. The number of aromatic carboxylic acids is 1. The van der Waals surface area contributed by atoms with Crippen LogP contribution < -0.4 is 9.47 Å². The van der Waals surface area contributed by atoms with E-state index in [1.165, 1.54) is 14.2 Å². The van der Waals surface area contributed by atoms with Crippen LogP contribution in [0.2, 0.25) is 0 Å². The monoisotopic (exact) mass is 393 g/mol. The first-order valence-electron chi connectivity index (χ1n) is 8.91. The second-order valence-electron chi connectivity index (χ2n) is 6.30. The minimum atomic E-state index is -1.13. The van der Waals surface area contributed by atoms with Crippen LogP contribution in [0.3, 0.4) is 0 Å². The van der Waals surface area contributed by atoms with Gasteiger partial charge in [-0.3, -0.25) is 9.25 Å². The molecule has 0 fully saturated rings. The molecule has 0 atom stereocenters. The van der Waals surface area contributed by atoms with E-state index in [0.29, 0.717) is 16.9 Å². The molecular formula is C20H19N5O4. The molecule has 0 saturated carbocycles. The third kappa shape index (κ3) is 3.16. The van der Waals surface area contributed by atoms with Gasteiger partial charge in [-0.15, -0.1) is 0 Å². The highest BCUT2D eigenvalue weighted by atomic mass is 16.5. The number of carbonyl (C=O) groups is 1. The molecule has 0 radical (unpaired) electrons. The largest absolute Gasteiger partial charge is 0.496 e. The number of carboxylic acid groups (broad SMARTS) is 1. The van der Waals surface area contributed by atoms with Gasteiger partial charge in [0.25, 0.3) is 0 Å². The maximum absolute atomic E-state index is 11.6. The fourth-order valence-corrected chi connectivity index (χ4v) is 3.18. The molecule has 4 rings (SSSR count). The van der Waals surface area contributed by atoms with E-state index in [9.17, 15) is 9.90 Å². The van der Waals surface area contributed by atoms with Crippen LogP contribution in [0.15, 0.2) is 43.1 Å². The molecule has 3 heterocycles. The summed E-state index contributed by atoms with van der Waals surface area (Å²) in [5, 5.41) is 13.8. The van der Waals surface area contributed by atoms with Gasteiger partial charge in [0.2, 0.25) is 0 Å². The number of nitrogens with zero attached hydrogens (tertiary/aromatic N) is 5. The Hall–Kier alpha value is -3.88. The first kappa shape index (κ1) is 18.5.